The number of rotatable bonds is 6. The van der Waals surface area contributed by atoms with E-state index in [4.69, 9.17) is 9.47 Å². The predicted molar refractivity (Wildman–Crippen MR) is 124 cm³/mol. The average molecular weight is 466 g/mol. The van der Waals surface area contributed by atoms with Gasteiger partial charge in [-0.1, -0.05) is 17.7 Å². The molecule has 0 spiro atoms. The van der Waals surface area contributed by atoms with Crippen LogP contribution in [-0.4, -0.2) is 36.2 Å². The minimum absolute atomic E-state index is 0.169. The molecule has 0 aliphatic carbocycles. The van der Waals surface area contributed by atoms with Crippen molar-refractivity contribution in [1.29, 1.82) is 0 Å². The number of pyridine rings is 1. The number of aryl methyl sites for hydroxylation is 2. The number of ether oxygens (including phenoxy) is 2. The molecule has 3 aromatic rings. The van der Waals surface area contributed by atoms with Crippen LogP contribution in [-0.2, 0) is 14.3 Å². The van der Waals surface area contributed by atoms with E-state index in [2.05, 4.69) is 15.6 Å². The number of urea groups is 1. The number of hydrogen-bond acceptors (Lipinski definition) is 7. The van der Waals surface area contributed by atoms with Crippen LogP contribution in [0.4, 0.5) is 4.79 Å². The molecule has 4 rings (SSSR count). The van der Waals surface area contributed by atoms with Crippen molar-refractivity contribution in [3.63, 3.8) is 0 Å². The maximum absolute atomic E-state index is 13.0. The summed E-state index contributed by atoms with van der Waals surface area (Å²) < 4.78 is 10.8. The fourth-order valence-electron chi connectivity index (χ4n) is 3.71. The third-order valence-electron chi connectivity index (χ3n) is 5.14. The lowest BCUT2D eigenvalue weighted by atomic mass is 10.0. The average Bonchev–Trinajstić information content (AvgIpc) is 3.31. The van der Waals surface area contributed by atoms with Crippen LogP contribution in [0.1, 0.15) is 39.5 Å². The smallest absolute Gasteiger partial charge is 0.339 e. The zero-order valence-corrected chi connectivity index (χ0v) is 19.2. The van der Waals surface area contributed by atoms with Crippen LogP contribution < -0.4 is 10.6 Å². The van der Waals surface area contributed by atoms with Crippen LogP contribution in [0.25, 0.3) is 10.9 Å². The van der Waals surface area contributed by atoms with Gasteiger partial charge in [0.2, 0.25) is 0 Å². The largest absolute Gasteiger partial charge is 0.463 e. The van der Waals surface area contributed by atoms with Crippen molar-refractivity contribution in [3.05, 3.63) is 74.7 Å². The number of carbonyl (C=O) groups excluding carboxylic acids is 3. The second-order valence-corrected chi connectivity index (χ2v) is 8.55. The molecular weight excluding hydrogens is 442 g/mol. The molecule has 0 saturated carbocycles. The van der Waals surface area contributed by atoms with Crippen LogP contribution in [0.15, 0.2) is 53.0 Å². The SMILES string of the molecule is CCOC(=O)C1=C(COC(=O)c2cc(C)nc3ccc(C)cc23)NC(=O)NC1c1cccs1. The Bertz CT molecular complexity index is 1270. The molecule has 8 nitrogen and oxygen atoms in total. The molecule has 0 fully saturated rings. The number of aromatic nitrogens is 1. The van der Waals surface area contributed by atoms with Crippen LogP contribution in [0.5, 0.6) is 0 Å². The van der Waals surface area contributed by atoms with Gasteiger partial charge in [0.15, 0.2) is 0 Å². The van der Waals surface area contributed by atoms with E-state index in [1.807, 2.05) is 42.6 Å². The van der Waals surface area contributed by atoms with Crippen LogP contribution >= 0.6 is 11.3 Å². The van der Waals surface area contributed by atoms with Crippen molar-refractivity contribution in [3.8, 4) is 0 Å². The lowest BCUT2D eigenvalue weighted by molar-refractivity contribution is -0.139. The van der Waals surface area contributed by atoms with E-state index in [0.717, 1.165) is 10.4 Å². The molecule has 170 valence electrons. The highest BCUT2D eigenvalue weighted by atomic mass is 32.1. The van der Waals surface area contributed by atoms with Crippen LogP contribution in [0.2, 0.25) is 0 Å². The molecule has 9 heteroatoms. The second-order valence-electron chi connectivity index (χ2n) is 7.57. The first-order chi connectivity index (χ1) is 15.9. The Kier molecular flexibility index (Phi) is 6.41. The first-order valence-electron chi connectivity index (χ1n) is 10.4. The van der Waals surface area contributed by atoms with E-state index in [0.29, 0.717) is 22.2 Å². The Labute approximate surface area is 194 Å². The van der Waals surface area contributed by atoms with Crippen molar-refractivity contribution in [1.82, 2.24) is 15.6 Å². The van der Waals surface area contributed by atoms with Gasteiger partial charge in [-0.15, -0.1) is 11.3 Å². The number of hydrogen-bond donors (Lipinski definition) is 2. The van der Waals surface area contributed by atoms with Gasteiger partial charge in [0.05, 0.1) is 35.0 Å². The minimum Gasteiger partial charge on any atom is -0.463 e. The molecule has 1 unspecified atom stereocenters. The fraction of sp³-hybridized carbons (Fsp3) is 0.250. The number of carbonyl (C=O) groups is 3. The highest BCUT2D eigenvalue weighted by Crippen LogP contribution is 2.31. The highest BCUT2D eigenvalue weighted by molar-refractivity contribution is 7.10. The first kappa shape index (κ1) is 22.5. The van der Waals surface area contributed by atoms with Gasteiger partial charge in [-0.25, -0.2) is 14.4 Å². The monoisotopic (exact) mass is 465 g/mol. The lowest BCUT2D eigenvalue weighted by Gasteiger charge is -2.28. The van der Waals surface area contributed by atoms with Crippen LogP contribution in [0.3, 0.4) is 0 Å². The normalized spacial score (nSPS) is 15.7. The minimum atomic E-state index is -0.696. The zero-order valence-electron chi connectivity index (χ0n) is 18.4. The van der Waals surface area contributed by atoms with Gasteiger partial charge in [0.25, 0.3) is 0 Å². The molecule has 0 saturated heterocycles. The molecule has 2 N–H and O–H groups in total. The summed E-state index contributed by atoms with van der Waals surface area (Å²) >= 11 is 1.40. The summed E-state index contributed by atoms with van der Waals surface area (Å²) in [7, 11) is 0. The molecule has 1 aliphatic heterocycles. The van der Waals surface area contributed by atoms with E-state index < -0.39 is 24.0 Å². The molecular formula is C24H23N3O5S. The van der Waals surface area contributed by atoms with E-state index in [1.54, 1.807) is 19.9 Å². The van der Waals surface area contributed by atoms with Crippen molar-refractivity contribution >= 4 is 40.2 Å². The molecule has 2 amide bonds. The van der Waals surface area contributed by atoms with Gasteiger partial charge in [-0.2, -0.15) is 0 Å². The zero-order chi connectivity index (χ0) is 23.5. The summed E-state index contributed by atoms with van der Waals surface area (Å²) in [6.45, 7) is 5.31. The molecule has 33 heavy (non-hydrogen) atoms. The summed E-state index contributed by atoms with van der Waals surface area (Å²) in [6, 6.07) is 9.78. The van der Waals surface area contributed by atoms with Gasteiger partial charge in [-0.3, -0.25) is 4.98 Å². The molecule has 1 aliphatic rings. The lowest BCUT2D eigenvalue weighted by Crippen LogP contribution is -2.46. The third-order valence-corrected chi connectivity index (χ3v) is 6.07. The van der Waals surface area contributed by atoms with Gasteiger partial charge >= 0.3 is 18.0 Å². The Hall–Kier alpha value is -3.72. The summed E-state index contributed by atoms with van der Waals surface area (Å²) in [6.07, 6.45) is 0. The number of amides is 2. The number of benzene rings is 1. The third kappa shape index (κ3) is 4.73. The van der Waals surface area contributed by atoms with E-state index in [1.165, 1.54) is 11.3 Å². The Morgan fingerprint density at radius 2 is 1.94 bits per heavy atom. The van der Waals surface area contributed by atoms with Gasteiger partial charge in [-0.05, 0) is 50.4 Å². The van der Waals surface area contributed by atoms with E-state index in [-0.39, 0.29) is 24.5 Å². The van der Waals surface area contributed by atoms with Crippen LogP contribution in [0, 0.1) is 13.8 Å². The van der Waals surface area contributed by atoms with E-state index in [9.17, 15) is 14.4 Å². The van der Waals surface area contributed by atoms with E-state index >= 15 is 0 Å². The van der Waals surface area contributed by atoms with Gasteiger partial charge < -0.3 is 20.1 Å². The Morgan fingerprint density at radius 3 is 2.67 bits per heavy atom. The summed E-state index contributed by atoms with van der Waals surface area (Å²) in [4.78, 5) is 43.4. The number of nitrogens with zero attached hydrogens (tertiary/aromatic N) is 1. The summed E-state index contributed by atoms with van der Waals surface area (Å²) in [5.41, 5.74) is 3.12. The maximum Gasteiger partial charge on any atom is 0.339 e. The van der Waals surface area contributed by atoms with Crippen molar-refractivity contribution in [2.24, 2.45) is 0 Å². The maximum atomic E-state index is 13.0. The Balaban J connectivity index is 1.67. The Morgan fingerprint density at radius 1 is 1.12 bits per heavy atom. The van der Waals surface area contributed by atoms with Crippen molar-refractivity contribution in [2.75, 3.05) is 13.2 Å². The second kappa shape index (κ2) is 9.41. The van der Waals surface area contributed by atoms with Crippen molar-refractivity contribution in [2.45, 2.75) is 26.8 Å². The number of fused-ring (bicyclic) bond motifs is 1. The molecule has 1 atom stereocenters. The standard InChI is InChI=1S/C24H23N3O5S/c1-4-31-23(29)20-18(26-24(30)27-21(20)19-6-5-9-33-19)12-32-22(28)16-11-14(3)25-17-8-7-13(2)10-15(16)17/h5-11,21H,4,12H2,1-3H3,(H2,26,27,30). The van der Waals surface area contributed by atoms with Gasteiger partial charge in [0.1, 0.15) is 6.61 Å². The number of nitrogens with one attached hydrogen (secondary N) is 2. The molecule has 1 aromatic carbocycles. The molecule has 3 heterocycles. The highest BCUT2D eigenvalue weighted by Gasteiger charge is 2.34. The molecule has 0 bridgehead atoms. The van der Waals surface area contributed by atoms with Gasteiger partial charge in [0, 0.05) is 16.0 Å². The topological polar surface area (TPSA) is 107 Å². The predicted octanol–water partition coefficient (Wildman–Crippen LogP) is 3.94. The molecule has 2 aromatic heterocycles. The number of thiophene rings is 1. The number of esters is 2. The molecule has 0 radical (unpaired) electrons. The van der Waals surface area contributed by atoms with Crippen molar-refractivity contribution < 1.29 is 23.9 Å². The first-order valence-corrected chi connectivity index (χ1v) is 11.3. The quantitative estimate of drug-likeness (QED) is 0.534. The summed E-state index contributed by atoms with van der Waals surface area (Å²) in [5, 5.41) is 7.88. The summed E-state index contributed by atoms with van der Waals surface area (Å²) in [5.74, 6) is -1.16. The fourth-order valence-corrected chi connectivity index (χ4v) is 4.49.